The van der Waals surface area contributed by atoms with Gasteiger partial charge in [0.05, 0.1) is 20.1 Å². The normalized spacial score (nSPS) is 20.7. The Hall–Kier alpha value is -1.79. The van der Waals surface area contributed by atoms with Crippen LogP contribution >= 0.6 is 11.6 Å². The lowest BCUT2D eigenvalue weighted by Gasteiger charge is -2.39. The summed E-state index contributed by atoms with van der Waals surface area (Å²) < 4.78 is 10.4. The summed E-state index contributed by atoms with van der Waals surface area (Å²) in [6.45, 7) is 0.783. The lowest BCUT2D eigenvalue weighted by Crippen LogP contribution is -2.52. The van der Waals surface area contributed by atoms with E-state index in [0.717, 1.165) is 0 Å². The number of halogens is 1. The number of methoxy groups -OCH3 is 2. The second-order valence-electron chi connectivity index (χ2n) is 6.07. The molecule has 0 saturated carbocycles. The van der Waals surface area contributed by atoms with E-state index in [1.54, 1.807) is 23.1 Å². The summed E-state index contributed by atoms with van der Waals surface area (Å²) in [5, 5.41) is 10.1. The van der Waals surface area contributed by atoms with Crippen LogP contribution in [0.5, 0.6) is 5.75 Å². The number of carbonyl (C=O) groups is 2. The highest BCUT2D eigenvalue weighted by Gasteiger charge is 2.43. The predicted molar refractivity (Wildman–Crippen MR) is 89.5 cm³/mol. The zero-order chi connectivity index (χ0) is 17.7. The number of ether oxygens (including phenoxy) is 2. The molecule has 1 aliphatic heterocycles. The molecule has 1 amide bonds. The Morgan fingerprint density at radius 2 is 2.12 bits per heavy atom. The molecule has 1 aromatic carbocycles. The highest BCUT2D eigenvalue weighted by Crippen LogP contribution is 2.32. The Morgan fingerprint density at radius 1 is 1.38 bits per heavy atom. The maximum atomic E-state index is 12.7. The van der Waals surface area contributed by atoms with Gasteiger partial charge in [-0.15, -0.1) is 0 Å². The number of carboxylic acids is 1. The summed E-state index contributed by atoms with van der Waals surface area (Å²) in [7, 11) is 3.01. The van der Waals surface area contributed by atoms with Crippen LogP contribution in [-0.2, 0) is 20.7 Å². The number of nitrogens with zero attached hydrogens (tertiary/aromatic N) is 1. The third kappa shape index (κ3) is 3.99. The Labute approximate surface area is 146 Å². The van der Waals surface area contributed by atoms with Crippen molar-refractivity contribution in [2.24, 2.45) is 5.41 Å². The first kappa shape index (κ1) is 18.5. The van der Waals surface area contributed by atoms with Gasteiger partial charge in [-0.1, -0.05) is 11.6 Å². The van der Waals surface area contributed by atoms with E-state index in [1.165, 1.54) is 14.2 Å². The minimum Gasteiger partial charge on any atom is -0.496 e. The van der Waals surface area contributed by atoms with Gasteiger partial charge in [-0.2, -0.15) is 0 Å². The predicted octanol–water partition coefficient (Wildman–Crippen LogP) is 2.23. The van der Waals surface area contributed by atoms with Gasteiger partial charge in [0.15, 0.2) is 0 Å². The number of rotatable bonds is 6. The van der Waals surface area contributed by atoms with E-state index in [9.17, 15) is 14.7 Å². The summed E-state index contributed by atoms with van der Waals surface area (Å²) in [5.74, 6) is -0.481. The minimum absolute atomic E-state index is 0.0899. The van der Waals surface area contributed by atoms with Gasteiger partial charge in [-0.05, 0) is 31.0 Å². The van der Waals surface area contributed by atoms with E-state index in [2.05, 4.69) is 0 Å². The van der Waals surface area contributed by atoms with Crippen molar-refractivity contribution in [2.75, 3.05) is 33.9 Å². The Bertz CT molecular complexity index is 617. The van der Waals surface area contributed by atoms with E-state index < -0.39 is 11.4 Å². The Balaban J connectivity index is 2.15. The summed E-state index contributed by atoms with van der Waals surface area (Å²) in [6.07, 6.45) is 1.25. The van der Waals surface area contributed by atoms with Gasteiger partial charge in [0.1, 0.15) is 11.2 Å². The van der Waals surface area contributed by atoms with E-state index in [0.29, 0.717) is 35.7 Å². The van der Waals surface area contributed by atoms with Crippen molar-refractivity contribution in [3.8, 4) is 5.75 Å². The standard InChI is InChI=1S/C17H22ClNO5/c1-23-11-17(16(21)22)6-3-7-19(10-17)15(20)9-12-8-13(18)4-5-14(12)24-2/h4-5,8H,3,6-7,9-11H2,1-2H3,(H,21,22). The SMILES string of the molecule is COCC1(C(=O)O)CCCN(C(=O)Cc2cc(Cl)ccc2OC)C1. The molecule has 1 N–H and O–H groups in total. The molecule has 1 fully saturated rings. The summed E-state index contributed by atoms with van der Waals surface area (Å²) in [6, 6.07) is 5.11. The van der Waals surface area contributed by atoms with Crippen molar-refractivity contribution >= 4 is 23.5 Å². The quantitative estimate of drug-likeness (QED) is 0.846. The average molecular weight is 356 g/mol. The van der Waals surface area contributed by atoms with Crippen LogP contribution < -0.4 is 4.74 Å². The van der Waals surface area contributed by atoms with Crippen LogP contribution in [0.15, 0.2) is 18.2 Å². The maximum absolute atomic E-state index is 12.7. The lowest BCUT2D eigenvalue weighted by atomic mass is 9.80. The lowest BCUT2D eigenvalue weighted by molar-refractivity contribution is -0.159. The zero-order valence-corrected chi connectivity index (χ0v) is 14.6. The molecule has 1 aromatic rings. The monoisotopic (exact) mass is 355 g/mol. The zero-order valence-electron chi connectivity index (χ0n) is 13.9. The van der Waals surface area contributed by atoms with Crippen molar-refractivity contribution in [1.82, 2.24) is 4.90 Å². The largest absolute Gasteiger partial charge is 0.496 e. The summed E-state index contributed by atoms with van der Waals surface area (Å²) in [5.41, 5.74) is -0.352. The highest BCUT2D eigenvalue weighted by atomic mass is 35.5. The number of hydrogen-bond donors (Lipinski definition) is 1. The van der Waals surface area contributed by atoms with Crippen molar-refractivity contribution < 1.29 is 24.2 Å². The third-order valence-electron chi connectivity index (χ3n) is 4.39. The molecule has 0 radical (unpaired) electrons. The molecule has 2 rings (SSSR count). The molecule has 0 bridgehead atoms. The second kappa shape index (κ2) is 7.85. The fraction of sp³-hybridized carbons (Fsp3) is 0.529. The average Bonchev–Trinajstić information content (AvgIpc) is 2.55. The van der Waals surface area contributed by atoms with Gasteiger partial charge < -0.3 is 19.5 Å². The molecule has 0 aliphatic carbocycles. The first-order valence-corrected chi connectivity index (χ1v) is 8.12. The molecule has 0 aromatic heterocycles. The van der Waals surface area contributed by atoms with Crippen LogP contribution in [0.1, 0.15) is 18.4 Å². The van der Waals surface area contributed by atoms with Crippen LogP contribution in [0.25, 0.3) is 0 Å². The maximum Gasteiger partial charge on any atom is 0.313 e. The van der Waals surface area contributed by atoms with Crippen molar-refractivity contribution in [3.05, 3.63) is 28.8 Å². The van der Waals surface area contributed by atoms with Crippen molar-refractivity contribution in [3.63, 3.8) is 0 Å². The van der Waals surface area contributed by atoms with Crippen molar-refractivity contribution in [2.45, 2.75) is 19.3 Å². The van der Waals surface area contributed by atoms with Gasteiger partial charge in [-0.3, -0.25) is 9.59 Å². The number of piperidine rings is 1. The van der Waals surface area contributed by atoms with E-state index in [4.69, 9.17) is 21.1 Å². The van der Waals surface area contributed by atoms with Crippen LogP contribution in [0, 0.1) is 5.41 Å². The molecule has 1 atom stereocenters. The molecule has 1 heterocycles. The van der Waals surface area contributed by atoms with E-state index in [-0.39, 0.29) is 25.5 Å². The number of aliphatic carboxylic acids is 1. The van der Waals surface area contributed by atoms with Crippen LogP contribution in [0.3, 0.4) is 0 Å². The molecule has 7 heteroatoms. The number of amides is 1. The molecule has 24 heavy (non-hydrogen) atoms. The molecule has 1 saturated heterocycles. The van der Waals surface area contributed by atoms with Crippen LogP contribution in [0.4, 0.5) is 0 Å². The third-order valence-corrected chi connectivity index (χ3v) is 4.62. The first-order valence-electron chi connectivity index (χ1n) is 7.74. The minimum atomic E-state index is -1.04. The number of carboxylic acid groups (broad SMARTS) is 1. The molecular formula is C17H22ClNO5. The second-order valence-corrected chi connectivity index (χ2v) is 6.51. The Kier molecular flexibility index (Phi) is 6.07. The van der Waals surface area contributed by atoms with Gasteiger partial charge >= 0.3 is 5.97 Å². The summed E-state index contributed by atoms with van der Waals surface area (Å²) in [4.78, 5) is 25.9. The highest BCUT2D eigenvalue weighted by molar-refractivity contribution is 6.30. The van der Waals surface area contributed by atoms with Crippen molar-refractivity contribution in [1.29, 1.82) is 0 Å². The molecule has 1 unspecified atom stereocenters. The Morgan fingerprint density at radius 3 is 2.75 bits per heavy atom. The van der Waals surface area contributed by atoms with Gasteiger partial charge in [-0.25, -0.2) is 0 Å². The molecular weight excluding hydrogens is 334 g/mol. The number of benzene rings is 1. The van der Waals surface area contributed by atoms with E-state index >= 15 is 0 Å². The molecule has 6 nitrogen and oxygen atoms in total. The van der Waals surface area contributed by atoms with Crippen LogP contribution in [0.2, 0.25) is 5.02 Å². The fourth-order valence-corrected chi connectivity index (χ4v) is 3.33. The molecule has 0 spiro atoms. The molecule has 132 valence electrons. The topological polar surface area (TPSA) is 76.1 Å². The van der Waals surface area contributed by atoms with Gasteiger partial charge in [0.2, 0.25) is 5.91 Å². The van der Waals surface area contributed by atoms with Gasteiger partial charge in [0, 0.05) is 30.8 Å². The van der Waals surface area contributed by atoms with Gasteiger partial charge in [0.25, 0.3) is 0 Å². The van der Waals surface area contributed by atoms with E-state index in [1.807, 2.05) is 0 Å². The number of hydrogen-bond acceptors (Lipinski definition) is 4. The fourth-order valence-electron chi connectivity index (χ4n) is 3.14. The number of likely N-dealkylation sites (tertiary alicyclic amines) is 1. The number of carbonyl (C=O) groups excluding carboxylic acids is 1. The molecule has 1 aliphatic rings. The smallest absolute Gasteiger partial charge is 0.313 e. The van der Waals surface area contributed by atoms with Crippen LogP contribution in [-0.4, -0.2) is 55.8 Å². The summed E-state index contributed by atoms with van der Waals surface area (Å²) >= 11 is 6.00. The first-order chi connectivity index (χ1) is 11.4.